The summed E-state index contributed by atoms with van der Waals surface area (Å²) in [6.45, 7) is 0. The van der Waals surface area contributed by atoms with Crippen LogP contribution in [0.2, 0.25) is 0 Å². The van der Waals surface area contributed by atoms with Crippen molar-refractivity contribution in [3.8, 4) is 0 Å². The van der Waals surface area contributed by atoms with Crippen molar-refractivity contribution < 1.29 is 19.4 Å². The number of likely N-dealkylation sites (N-methyl/N-ethyl adjacent to an activating group) is 1. The Hall–Kier alpha value is -3.66. The summed E-state index contributed by atoms with van der Waals surface area (Å²) in [6, 6.07) is 8.83. The van der Waals surface area contributed by atoms with E-state index in [9.17, 15) is 29.8 Å². The summed E-state index contributed by atoms with van der Waals surface area (Å²) < 4.78 is 0. The number of nitrogens with one attached hydrogen (secondary N) is 2. The van der Waals surface area contributed by atoms with Gasteiger partial charge in [0.05, 0.1) is 9.85 Å². The zero-order valence-corrected chi connectivity index (χ0v) is 14.2. The average Bonchev–Trinajstić information content (AvgIpc) is 2.67. The van der Waals surface area contributed by atoms with Crippen LogP contribution < -0.4 is 10.6 Å². The molecule has 0 saturated carbocycles. The van der Waals surface area contributed by atoms with Gasteiger partial charge in [0.25, 0.3) is 11.4 Å². The van der Waals surface area contributed by atoms with Crippen LogP contribution in [0.4, 0.5) is 11.4 Å². The SMILES string of the molecule is CNC(C(=O)NC(C=O)c1cccc([N+](=O)[O-])c1)c1cccc([N+](=O)[O-])c1. The molecule has 0 spiro atoms. The van der Waals surface area contributed by atoms with E-state index in [-0.39, 0.29) is 16.9 Å². The zero-order chi connectivity index (χ0) is 20.0. The molecule has 0 radical (unpaired) electrons. The minimum Gasteiger partial charge on any atom is -0.341 e. The smallest absolute Gasteiger partial charge is 0.269 e. The second-order valence-electron chi connectivity index (χ2n) is 5.55. The lowest BCUT2D eigenvalue weighted by atomic mass is 10.0. The second-order valence-corrected chi connectivity index (χ2v) is 5.55. The number of nitro benzene ring substituents is 2. The fraction of sp³-hybridized carbons (Fsp3) is 0.176. The van der Waals surface area contributed by atoms with Crippen molar-refractivity contribution in [2.24, 2.45) is 0 Å². The minimum atomic E-state index is -1.10. The monoisotopic (exact) mass is 372 g/mol. The lowest BCUT2D eigenvalue weighted by molar-refractivity contribution is -0.385. The van der Waals surface area contributed by atoms with Gasteiger partial charge in [-0.2, -0.15) is 0 Å². The number of aldehydes is 1. The molecule has 0 aliphatic heterocycles. The van der Waals surface area contributed by atoms with Crippen LogP contribution in [0.15, 0.2) is 48.5 Å². The molecule has 27 heavy (non-hydrogen) atoms. The molecule has 140 valence electrons. The highest BCUT2D eigenvalue weighted by Gasteiger charge is 2.24. The first kappa shape index (κ1) is 19.7. The van der Waals surface area contributed by atoms with E-state index in [1.165, 1.54) is 55.6 Å². The maximum atomic E-state index is 12.6. The van der Waals surface area contributed by atoms with Crippen molar-refractivity contribution >= 4 is 23.6 Å². The Balaban J connectivity index is 2.25. The van der Waals surface area contributed by atoms with E-state index >= 15 is 0 Å². The summed E-state index contributed by atoms with van der Waals surface area (Å²) in [5.74, 6) is -0.610. The summed E-state index contributed by atoms with van der Waals surface area (Å²) in [4.78, 5) is 44.6. The number of amides is 1. The van der Waals surface area contributed by atoms with Crippen LogP contribution in [0.1, 0.15) is 23.2 Å². The Morgan fingerprint density at radius 1 is 1.00 bits per heavy atom. The van der Waals surface area contributed by atoms with Crippen LogP contribution >= 0.6 is 0 Å². The molecule has 2 aromatic carbocycles. The molecule has 10 nitrogen and oxygen atoms in total. The minimum absolute atomic E-state index is 0.175. The van der Waals surface area contributed by atoms with Gasteiger partial charge in [-0.1, -0.05) is 24.3 Å². The molecular formula is C17H16N4O6. The van der Waals surface area contributed by atoms with Gasteiger partial charge in [0.1, 0.15) is 18.4 Å². The number of hydrogen-bond acceptors (Lipinski definition) is 7. The maximum Gasteiger partial charge on any atom is 0.269 e. The lowest BCUT2D eigenvalue weighted by Crippen LogP contribution is -2.38. The van der Waals surface area contributed by atoms with Crippen molar-refractivity contribution in [3.05, 3.63) is 79.9 Å². The largest absolute Gasteiger partial charge is 0.341 e. The lowest BCUT2D eigenvalue weighted by Gasteiger charge is -2.19. The number of nitrogens with zero attached hydrogens (tertiary/aromatic N) is 2. The number of carbonyl (C=O) groups excluding carboxylic acids is 2. The van der Waals surface area contributed by atoms with Crippen LogP contribution in [0.5, 0.6) is 0 Å². The molecule has 10 heteroatoms. The molecule has 0 fully saturated rings. The van der Waals surface area contributed by atoms with E-state index in [0.29, 0.717) is 11.8 Å². The molecular weight excluding hydrogens is 356 g/mol. The summed E-state index contributed by atoms with van der Waals surface area (Å²) >= 11 is 0. The number of benzene rings is 2. The third-order valence-electron chi connectivity index (χ3n) is 3.84. The molecule has 1 amide bonds. The molecule has 0 aliphatic carbocycles. The number of carbonyl (C=O) groups is 2. The van der Waals surface area contributed by atoms with E-state index < -0.39 is 27.8 Å². The summed E-state index contributed by atoms with van der Waals surface area (Å²) in [6.07, 6.45) is 0.455. The third kappa shape index (κ3) is 4.70. The molecule has 2 atom stereocenters. The van der Waals surface area contributed by atoms with Gasteiger partial charge >= 0.3 is 0 Å². The van der Waals surface area contributed by atoms with E-state index in [2.05, 4.69) is 10.6 Å². The van der Waals surface area contributed by atoms with Crippen LogP contribution in [-0.4, -0.2) is 29.1 Å². The van der Waals surface area contributed by atoms with Gasteiger partial charge in [-0.25, -0.2) is 0 Å². The number of rotatable bonds is 8. The second kappa shape index (κ2) is 8.63. The normalized spacial score (nSPS) is 12.6. The van der Waals surface area contributed by atoms with E-state index in [0.717, 1.165) is 0 Å². The van der Waals surface area contributed by atoms with E-state index in [1.54, 1.807) is 0 Å². The van der Waals surface area contributed by atoms with Crippen molar-refractivity contribution in [1.29, 1.82) is 0 Å². The molecule has 0 bridgehead atoms. The summed E-state index contributed by atoms with van der Waals surface area (Å²) in [5.41, 5.74) is 0.206. The first-order valence-corrected chi connectivity index (χ1v) is 7.79. The predicted octanol–water partition coefficient (Wildman–Crippen LogP) is 1.82. The van der Waals surface area contributed by atoms with Gasteiger partial charge in [-0.3, -0.25) is 25.0 Å². The highest BCUT2D eigenvalue weighted by Crippen LogP contribution is 2.22. The molecule has 2 unspecified atom stereocenters. The van der Waals surface area contributed by atoms with Crippen molar-refractivity contribution in [2.75, 3.05) is 7.05 Å². The van der Waals surface area contributed by atoms with Crippen LogP contribution in [0.25, 0.3) is 0 Å². The van der Waals surface area contributed by atoms with Gasteiger partial charge in [0.15, 0.2) is 0 Å². The predicted molar refractivity (Wildman–Crippen MR) is 94.9 cm³/mol. The molecule has 2 N–H and O–H groups in total. The topological polar surface area (TPSA) is 144 Å². The third-order valence-corrected chi connectivity index (χ3v) is 3.84. The van der Waals surface area contributed by atoms with Crippen LogP contribution in [0, 0.1) is 20.2 Å². The van der Waals surface area contributed by atoms with Gasteiger partial charge in [-0.15, -0.1) is 0 Å². The standard InChI is InChI=1S/C17H16N4O6/c1-18-16(12-5-3-7-14(9-12)21(26)27)17(23)19-15(10-22)11-4-2-6-13(8-11)20(24)25/h2-10,15-16,18H,1H3,(H,19,23). The Morgan fingerprint density at radius 3 is 2.00 bits per heavy atom. The van der Waals surface area contributed by atoms with Crippen molar-refractivity contribution in [1.82, 2.24) is 10.6 Å². The highest BCUT2D eigenvalue weighted by atomic mass is 16.6. The van der Waals surface area contributed by atoms with Crippen LogP contribution in [0.3, 0.4) is 0 Å². The fourth-order valence-corrected chi connectivity index (χ4v) is 2.53. The number of nitro groups is 2. The molecule has 0 heterocycles. The number of non-ortho nitro benzene ring substituents is 2. The Kier molecular flexibility index (Phi) is 6.28. The van der Waals surface area contributed by atoms with Crippen molar-refractivity contribution in [3.63, 3.8) is 0 Å². The molecule has 2 aromatic rings. The van der Waals surface area contributed by atoms with Crippen LogP contribution in [-0.2, 0) is 9.59 Å². The summed E-state index contributed by atoms with van der Waals surface area (Å²) in [7, 11) is 1.49. The zero-order valence-electron chi connectivity index (χ0n) is 14.2. The first-order valence-electron chi connectivity index (χ1n) is 7.79. The van der Waals surface area contributed by atoms with Gasteiger partial charge in [0.2, 0.25) is 5.91 Å². The molecule has 0 aliphatic rings. The molecule has 0 aromatic heterocycles. The molecule has 2 rings (SSSR count). The van der Waals surface area contributed by atoms with Gasteiger partial charge in [-0.05, 0) is 18.2 Å². The Morgan fingerprint density at radius 2 is 1.52 bits per heavy atom. The average molecular weight is 372 g/mol. The van der Waals surface area contributed by atoms with Gasteiger partial charge in [0, 0.05) is 24.3 Å². The first-order chi connectivity index (χ1) is 12.9. The Labute approximate surface area is 153 Å². The molecule has 0 saturated heterocycles. The Bertz CT molecular complexity index is 885. The summed E-state index contributed by atoms with van der Waals surface area (Å²) in [5, 5.41) is 27.0. The number of hydrogen-bond donors (Lipinski definition) is 2. The van der Waals surface area contributed by atoms with E-state index in [1.807, 2.05) is 0 Å². The fourth-order valence-electron chi connectivity index (χ4n) is 2.53. The van der Waals surface area contributed by atoms with E-state index in [4.69, 9.17) is 0 Å². The maximum absolute atomic E-state index is 12.6. The van der Waals surface area contributed by atoms with Crippen molar-refractivity contribution in [2.45, 2.75) is 12.1 Å². The quantitative estimate of drug-likeness (QED) is 0.408. The van der Waals surface area contributed by atoms with Gasteiger partial charge < -0.3 is 15.4 Å². The highest BCUT2D eigenvalue weighted by molar-refractivity contribution is 5.86.